The van der Waals surface area contributed by atoms with Crippen molar-refractivity contribution >= 4 is 0 Å². The van der Waals surface area contributed by atoms with Crippen LogP contribution in [0.1, 0.15) is 13.8 Å². The maximum Gasteiger partial charge on any atom is 0.0621 e. The lowest BCUT2D eigenvalue weighted by atomic mass is 10.1. The molecule has 0 aromatic rings. The molecule has 66 valence electrons. The average Bonchev–Trinajstić information content (AvgIpc) is 2.07. The lowest BCUT2D eigenvalue weighted by molar-refractivity contribution is 0.342. The summed E-state index contributed by atoms with van der Waals surface area (Å²) in [7, 11) is 0. The Kier molecular flexibility index (Phi) is 6.02. The molecule has 0 aromatic heterocycles. The van der Waals surface area contributed by atoms with Crippen molar-refractivity contribution in [1.82, 2.24) is 0 Å². The van der Waals surface area contributed by atoms with Gasteiger partial charge < -0.3 is 5.11 Å². The van der Waals surface area contributed by atoms with Gasteiger partial charge in [-0.25, -0.2) is 0 Å². The molecule has 0 radical (unpaired) electrons. The van der Waals surface area contributed by atoms with Crippen LogP contribution in [0.5, 0.6) is 0 Å². The predicted octanol–water partition coefficient (Wildman–Crippen LogP) is 2.61. The lowest BCUT2D eigenvalue weighted by Gasteiger charge is -2.01. The summed E-state index contributed by atoms with van der Waals surface area (Å²) in [6, 6.07) is 0. The molecule has 1 nitrogen and oxygen atoms in total. The minimum atomic E-state index is 0.0604. The van der Waals surface area contributed by atoms with Gasteiger partial charge in [-0.3, -0.25) is 0 Å². The molecule has 0 aliphatic carbocycles. The average molecular weight is 164 g/mol. The lowest BCUT2D eigenvalue weighted by Crippen LogP contribution is -1.85. The van der Waals surface area contributed by atoms with Crippen LogP contribution in [0, 0.1) is 0 Å². The molecule has 0 saturated heterocycles. The van der Waals surface area contributed by atoms with Crippen LogP contribution in [-0.2, 0) is 0 Å². The second-order valence-electron chi connectivity index (χ2n) is 2.29. The fraction of sp³-hybridized carbons (Fsp3) is 0.273. The molecule has 0 aliphatic rings. The number of rotatable bonds is 4. The van der Waals surface area contributed by atoms with Crippen molar-refractivity contribution in [2.45, 2.75) is 13.8 Å². The Bertz CT molecular complexity index is 219. The van der Waals surface area contributed by atoms with Crippen LogP contribution < -0.4 is 0 Å². The Morgan fingerprint density at radius 1 is 1.33 bits per heavy atom. The number of allylic oxidation sites excluding steroid dienone is 6. The first kappa shape index (κ1) is 10.9. The highest BCUT2D eigenvalue weighted by Crippen LogP contribution is 2.11. The van der Waals surface area contributed by atoms with Crippen molar-refractivity contribution in [2.24, 2.45) is 0 Å². The van der Waals surface area contributed by atoms with E-state index in [1.54, 1.807) is 12.2 Å². The van der Waals surface area contributed by atoms with Gasteiger partial charge in [0, 0.05) is 0 Å². The molecular weight excluding hydrogens is 148 g/mol. The largest absolute Gasteiger partial charge is 0.392 e. The zero-order valence-corrected chi connectivity index (χ0v) is 7.75. The molecule has 0 fully saturated rings. The molecule has 0 bridgehead atoms. The highest BCUT2D eigenvalue weighted by Gasteiger charge is 1.93. The summed E-state index contributed by atoms with van der Waals surface area (Å²) >= 11 is 0. The van der Waals surface area contributed by atoms with Gasteiger partial charge in [-0.05, 0) is 25.0 Å². The Morgan fingerprint density at radius 2 is 2.00 bits per heavy atom. The van der Waals surface area contributed by atoms with Crippen molar-refractivity contribution in [3.8, 4) is 0 Å². The molecule has 0 unspecified atom stereocenters. The predicted molar refractivity (Wildman–Crippen MR) is 53.9 cm³/mol. The number of aliphatic hydroxyl groups is 1. The van der Waals surface area contributed by atoms with Crippen LogP contribution >= 0.6 is 0 Å². The standard InChI is InChI=1S/C11H16O/c1-4-7-11(8-9-12)10(5-2)6-3/h4-8,12H,2,9H2,1,3H3/b7-4-,10-6+,11-8+. The van der Waals surface area contributed by atoms with Gasteiger partial charge in [0.2, 0.25) is 0 Å². The molecule has 0 saturated carbocycles. The molecule has 0 heterocycles. The summed E-state index contributed by atoms with van der Waals surface area (Å²) in [5.74, 6) is 0. The minimum absolute atomic E-state index is 0.0604. The molecular formula is C11H16O. The molecule has 0 amide bonds. The van der Waals surface area contributed by atoms with Crippen LogP contribution in [0.4, 0.5) is 0 Å². The van der Waals surface area contributed by atoms with Gasteiger partial charge >= 0.3 is 0 Å². The van der Waals surface area contributed by atoms with E-state index in [1.165, 1.54) is 0 Å². The van der Waals surface area contributed by atoms with Crippen molar-refractivity contribution in [2.75, 3.05) is 6.61 Å². The third-order valence-corrected chi connectivity index (χ3v) is 1.52. The van der Waals surface area contributed by atoms with Crippen LogP contribution in [-0.4, -0.2) is 11.7 Å². The zero-order valence-electron chi connectivity index (χ0n) is 7.75. The first-order valence-electron chi connectivity index (χ1n) is 4.03. The first-order chi connectivity index (χ1) is 5.79. The normalized spacial score (nSPS) is 13.9. The maximum absolute atomic E-state index is 8.73. The highest BCUT2D eigenvalue weighted by molar-refractivity contribution is 5.45. The third kappa shape index (κ3) is 3.35. The van der Waals surface area contributed by atoms with Crippen LogP contribution in [0.2, 0.25) is 0 Å². The molecule has 1 heteroatoms. The van der Waals surface area contributed by atoms with Crippen LogP contribution in [0.3, 0.4) is 0 Å². The zero-order chi connectivity index (χ0) is 9.40. The molecule has 0 atom stereocenters. The third-order valence-electron chi connectivity index (χ3n) is 1.52. The van der Waals surface area contributed by atoms with E-state index in [4.69, 9.17) is 5.11 Å². The summed E-state index contributed by atoms with van der Waals surface area (Å²) in [5.41, 5.74) is 2.06. The van der Waals surface area contributed by atoms with Crippen LogP contribution in [0.25, 0.3) is 0 Å². The van der Waals surface area contributed by atoms with Crippen LogP contribution in [0.15, 0.2) is 48.1 Å². The van der Waals surface area contributed by atoms with Gasteiger partial charge in [0.25, 0.3) is 0 Å². The monoisotopic (exact) mass is 164 g/mol. The van der Waals surface area contributed by atoms with Crippen molar-refractivity contribution in [1.29, 1.82) is 0 Å². The molecule has 0 aromatic carbocycles. The van der Waals surface area contributed by atoms with E-state index in [1.807, 2.05) is 32.1 Å². The highest BCUT2D eigenvalue weighted by atomic mass is 16.2. The summed E-state index contributed by atoms with van der Waals surface area (Å²) < 4.78 is 0. The van der Waals surface area contributed by atoms with E-state index in [0.29, 0.717) is 0 Å². The molecule has 12 heavy (non-hydrogen) atoms. The van der Waals surface area contributed by atoms with E-state index < -0.39 is 0 Å². The van der Waals surface area contributed by atoms with Crippen molar-refractivity contribution in [3.63, 3.8) is 0 Å². The Morgan fingerprint density at radius 3 is 2.33 bits per heavy atom. The van der Waals surface area contributed by atoms with Gasteiger partial charge in [0.05, 0.1) is 6.61 Å². The topological polar surface area (TPSA) is 20.2 Å². The van der Waals surface area contributed by atoms with E-state index >= 15 is 0 Å². The number of hydrogen-bond donors (Lipinski definition) is 1. The molecule has 0 rings (SSSR count). The smallest absolute Gasteiger partial charge is 0.0621 e. The van der Waals surface area contributed by atoms with Gasteiger partial charge in [0.1, 0.15) is 0 Å². The van der Waals surface area contributed by atoms with E-state index in [-0.39, 0.29) is 6.61 Å². The Balaban J connectivity index is 4.72. The molecule has 0 spiro atoms. The SMILES string of the molecule is C=CC(=C\C)/C(/C=C\C)=C/CO. The van der Waals surface area contributed by atoms with Gasteiger partial charge in [-0.2, -0.15) is 0 Å². The Hall–Kier alpha value is -1.08. The second kappa shape index (κ2) is 6.62. The maximum atomic E-state index is 8.73. The van der Waals surface area contributed by atoms with Crippen molar-refractivity contribution < 1.29 is 5.11 Å². The summed E-state index contributed by atoms with van der Waals surface area (Å²) in [6.07, 6.45) is 9.40. The fourth-order valence-corrected chi connectivity index (χ4v) is 0.962. The van der Waals surface area contributed by atoms with Gasteiger partial charge in [-0.1, -0.05) is 37.0 Å². The van der Waals surface area contributed by atoms with E-state index in [0.717, 1.165) is 11.1 Å². The van der Waals surface area contributed by atoms with E-state index in [2.05, 4.69) is 6.58 Å². The van der Waals surface area contributed by atoms with E-state index in [9.17, 15) is 0 Å². The quantitative estimate of drug-likeness (QED) is 0.633. The molecule has 1 N–H and O–H groups in total. The Labute approximate surface area is 74.4 Å². The van der Waals surface area contributed by atoms with Gasteiger partial charge in [-0.15, -0.1) is 0 Å². The summed E-state index contributed by atoms with van der Waals surface area (Å²) in [6.45, 7) is 7.65. The number of aliphatic hydroxyl groups excluding tert-OH is 1. The number of hydrogen-bond acceptors (Lipinski definition) is 1. The minimum Gasteiger partial charge on any atom is -0.392 e. The summed E-state index contributed by atoms with van der Waals surface area (Å²) in [5, 5.41) is 8.73. The fourth-order valence-electron chi connectivity index (χ4n) is 0.962. The second-order valence-corrected chi connectivity index (χ2v) is 2.29. The summed E-state index contributed by atoms with van der Waals surface area (Å²) in [4.78, 5) is 0. The first-order valence-corrected chi connectivity index (χ1v) is 4.03. The molecule has 0 aliphatic heterocycles. The van der Waals surface area contributed by atoms with Crippen molar-refractivity contribution in [3.05, 3.63) is 48.1 Å². The van der Waals surface area contributed by atoms with Gasteiger partial charge in [0.15, 0.2) is 0 Å².